The predicted molar refractivity (Wildman–Crippen MR) is 123 cm³/mol. The van der Waals surface area contributed by atoms with Gasteiger partial charge in [-0.15, -0.1) is 0 Å². The van der Waals surface area contributed by atoms with E-state index in [2.05, 4.69) is 39.5 Å². The average Bonchev–Trinajstić information content (AvgIpc) is 2.88. The minimum Gasteiger partial charge on any atom is -0.497 e. The first-order valence-electron chi connectivity index (χ1n) is 11.5. The van der Waals surface area contributed by atoms with Gasteiger partial charge in [0.2, 0.25) is 0 Å². The summed E-state index contributed by atoms with van der Waals surface area (Å²) in [6.07, 6.45) is 2.15. The number of benzene rings is 1. The highest BCUT2D eigenvalue weighted by molar-refractivity contribution is 6.07. The molecule has 1 aromatic rings. The van der Waals surface area contributed by atoms with Crippen molar-refractivity contribution in [3.05, 3.63) is 29.8 Å². The topological polar surface area (TPSA) is 53.1 Å². The fourth-order valence-electron chi connectivity index (χ4n) is 4.89. The number of hydrogen-bond donors (Lipinski definition) is 0. The predicted octanol–water partition coefficient (Wildman–Crippen LogP) is 4.04. The summed E-state index contributed by atoms with van der Waals surface area (Å²) >= 11 is 0. The molecule has 0 N–H and O–H groups in total. The molecule has 172 valence electrons. The molecule has 2 aliphatic heterocycles. The molecule has 2 saturated heterocycles. The van der Waals surface area contributed by atoms with Crippen LogP contribution in [0.3, 0.4) is 0 Å². The Morgan fingerprint density at radius 3 is 2.19 bits per heavy atom. The van der Waals surface area contributed by atoms with Crippen molar-refractivity contribution in [3.63, 3.8) is 0 Å². The van der Waals surface area contributed by atoms with Crippen LogP contribution in [0, 0.1) is 11.3 Å². The van der Waals surface area contributed by atoms with Crippen LogP contribution in [0.2, 0.25) is 0 Å². The van der Waals surface area contributed by atoms with Crippen LogP contribution in [0.4, 0.5) is 4.79 Å². The van der Waals surface area contributed by atoms with Crippen molar-refractivity contribution < 1.29 is 14.3 Å². The second-order valence-corrected chi connectivity index (χ2v) is 10.7. The standard InChI is InChI=1S/C25H39N3O3/c1-19(2)17-27-22(29)25(12-15-26(16-13-25)18-24(3,4)5)28(23(27)30)14-11-20-7-9-21(31-6)10-8-20/h7-10,19H,11-18H2,1-6H3. The maximum atomic E-state index is 13.6. The molecule has 0 unspecified atom stereocenters. The third-order valence-corrected chi connectivity index (χ3v) is 6.33. The van der Waals surface area contributed by atoms with E-state index in [4.69, 9.17) is 4.74 Å². The summed E-state index contributed by atoms with van der Waals surface area (Å²) in [4.78, 5) is 32.7. The van der Waals surface area contributed by atoms with Crippen LogP contribution in [-0.4, -0.2) is 72.0 Å². The Balaban J connectivity index is 1.78. The lowest BCUT2D eigenvalue weighted by atomic mass is 9.84. The fourth-order valence-corrected chi connectivity index (χ4v) is 4.89. The number of imide groups is 1. The van der Waals surface area contributed by atoms with Crippen molar-refractivity contribution in [1.29, 1.82) is 0 Å². The number of amides is 3. The first kappa shape index (κ1) is 23.6. The number of ether oxygens (including phenoxy) is 1. The van der Waals surface area contributed by atoms with E-state index in [1.54, 1.807) is 7.11 Å². The normalized spacial score (nSPS) is 19.7. The summed E-state index contributed by atoms with van der Waals surface area (Å²) in [6.45, 7) is 14.6. The highest BCUT2D eigenvalue weighted by atomic mass is 16.5. The number of urea groups is 1. The molecule has 1 aromatic carbocycles. The summed E-state index contributed by atoms with van der Waals surface area (Å²) in [5.41, 5.74) is 0.675. The Bertz CT molecular complexity index is 774. The van der Waals surface area contributed by atoms with Crippen molar-refractivity contribution in [2.75, 3.05) is 39.8 Å². The van der Waals surface area contributed by atoms with Gasteiger partial charge in [-0.1, -0.05) is 46.8 Å². The van der Waals surface area contributed by atoms with Crippen LogP contribution >= 0.6 is 0 Å². The molecule has 3 amide bonds. The minimum atomic E-state index is -0.688. The third-order valence-electron chi connectivity index (χ3n) is 6.33. The largest absolute Gasteiger partial charge is 0.497 e. The number of carbonyl (C=O) groups excluding carboxylic acids is 2. The second kappa shape index (κ2) is 9.19. The van der Waals surface area contributed by atoms with Gasteiger partial charge < -0.3 is 14.5 Å². The van der Waals surface area contributed by atoms with Crippen LogP contribution < -0.4 is 4.74 Å². The molecular formula is C25H39N3O3. The number of hydrogen-bond acceptors (Lipinski definition) is 4. The number of carbonyl (C=O) groups is 2. The van der Waals surface area contributed by atoms with Crippen molar-refractivity contribution in [2.45, 2.75) is 59.4 Å². The average molecular weight is 430 g/mol. The first-order chi connectivity index (χ1) is 14.6. The Labute approximate surface area is 187 Å². The Morgan fingerprint density at radius 1 is 1.06 bits per heavy atom. The second-order valence-electron chi connectivity index (χ2n) is 10.7. The molecule has 2 aliphatic rings. The van der Waals surface area contributed by atoms with E-state index < -0.39 is 5.54 Å². The minimum absolute atomic E-state index is 0.0105. The zero-order valence-electron chi connectivity index (χ0n) is 20.1. The van der Waals surface area contributed by atoms with Crippen LogP contribution in [0.25, 0.3) is 0 Å². The van der Waals surface area contributed by atoms with E-state index in [9.17, 15) is 9.59 Å². The molecule has 0 aliphatic carbocycles. The van der Waals surface area contributed by atoms with Gasteiger partial charge in [-0.2, -0.15) is 0 Å². The van der Waals surface area contributed by atoms with Gasteiger partial charge >= 0.3 is 6.03 Å². The molecule has 2 heterocycles. The maximum Gasteiger partial charge on any atom is 0.327 e. The summed E-state index contributed by atoms with van der Waals surface area (Å²) in [6, 6.07) is 7.84. The summed E-state index contributed by atoms with van der Waals surface area (Å²) in [5, 5.41) is 0. The monoisotopic (exact) mass is 429 g/mol. The van der Waals surface area contributed by atoms with E-state index in [1.807, 2.05) is 29.2 Å². The summed E-state index contributed by atoms with van der Waals surface area (Å²) in [7, 11) is 1.66. The zero-order valence-corrected chi connectivity index (χ0v) is 20.1. The van der Waals surface area contributed by atoms with Gasteiger partial charge in [-0.3, -0.25) is 9.69 Å². The number of rotatable bonds is 7. The van der Waals surface area contributed by atoms with Crippen LogP contribution in [0.5, 0.6) is 5.75 Å². The van der Waals surface area contributed by atoms with E-state index in [-0.39, 0.29) is 23.3 Å². The molecule has 31 heavy (non-hydrogen) atoms. The van der Waals surface area contributed by atoms with Crippen LogP contribution in [0.15, 0.2) is 24.3 Å². The molecule has 3 rings (SSSR count). The van der Waals surface area contributed by atoms with Gasteiger partial charge in [0, 0.05) is 32.7 Å². The molecule has 2 fully saturated rings. The van der Waals surface area contributed by atoms with Gasteiger partial charge in [0.15, 0.2) is 0 Å². The highest BCUT2D eigenvalue weighted by Crippen LogP contribution is 2.38. The highest BCUT2D eigenvalue weighted by Gasteiger charge is 2.57. The third kappa shape index (κ3) is 5.22. The van der Waals surface area contributed by atoms with Crippen molar-refractivity contribution in [3.8, 4) is 5.75 Å². The maximum absolute atomic E-state index is 13.6. The summed E-state index contributed by atoms with van der Waals surface area (Å²) < 4.78 is 5.24. The van der Waals surface area contributed by atoms with Gasteiger partial charge in [0.1, 0.15) is 11.3 Å². The molecule has 0 atom stereocenters. The Hall–Kier alpha value is -2.08. The Kier molecular flexibility index (Phi) is 6.99. The fraction of sp³-hybridized carbons (Fsp3) is 0.680. The van der Waals surface area contributed by atoms with Gasteiger partial charge in [-0.05, 0) is 48.3 Å². The van der Waals surface area contributed by atoms with Crippen molar-refractivity contribution in [2.24, 2.45) is 11.3 Å². The van der Waals surface area contributed by atoms with E-state index in [1.165, 1.54) is 4.90 Å². The number of piperidine rings is 1. The lowest BCUT2D eigenvalue weighted by Gasteiger charge is -2.43. The molecule has 0 radical (unpaired) electrons. The molecule has 0 bridgehead atoms. The molecule has 6 heteroatoms. The molecular weight excluding hydrogens is 390 g/mol. The summed E-state index contributed by atoms with van der Waals surface area (Å²) in [5.74, 6) is 1.09. The molecule has 6 nitrogen and oxygen atoms in total. The SMILES string of the molecule is COc1ccc(CCN2C(=O)N(CC(C)C)C(=O)C23CCN(CC(C)(C)C)CC3)cc1. The van der Waals surface area contributed by atoms with E-state index >= 15 is 0 Å². The first-order valence-corrected chi connectivity index (χ1v) is 11.5. The zero-order chi connectivity index (χ0) is 22.8. The van der Waals surface area contributed by atoms with Gasteiger partial charge in [-0.25, -0.2) is 4.79 Å². The smallest absolute Gasteiger partial charge is 0.327 e. The molecule has 0 aromatic heterocycles. The van der Waals surface area contributed by atoms with E-state index in [0.717, 1.165) is 37.4 Å². The number of nitrogens with zero attached hydrogens (tertiary/aromatic N) is 3. The van der Waals surface area contributed by atoms with Crippen molar-refractivity contribution >= 4 is 11.9 Å². The number of likely N-dealkylation sites (tertiary alicyclic amines) is 1. The van der Waals surface area contributed by atoms with Gasteiger partial charge in [0.05, 0.1) is 7.11 Å². The lowest BCUT2D eigenvalue weighted by molar-refractivity contribution is -0.136. The van der Waals surface area contributed by atoms with Crippen LogP contribution in [-0.2, 0) is 11.2 Å². The molecule has 1 spiro atoms. The van der Waals surface area contributed by atoms with Crippen LogP contribution in [0.1, 0.15) is 53.0 Å². The lowest BCUT2D eigenvalue weighted by Crippen LogP contribution is -2.57. The number of methoxy groups -OCH3 is 1. The van der Waals surface area contributed by atoms with Crippen molar-refractivity contribution in [1.82, 2.24) is 14.7 Å². The van der Waals surface area contributed by atoms with E-state index in [0.29, 0.717) is 25.9 Å². The Morgan fingerprint density at radius 2 is 1.68 bits per heavy atom. The van der Waals surface area contributed by atoms with Gasteiger partial charge in [0.25, 0.3) is 5.91 Å². The quantitative estimate of drug-likeness (QED) is 0.614. The molecule has 0 saturated carbocycles.